The summed E-state index contributed by atoms with van der Waals surface area (Å²) in [6.45, 7) is 0. The summed E-state index contributed by atoms with van der Waals surface area (Å²) in [6.07, 6.45) is 0.239. The van der Waals surface area contributed by atoms with E-state index < -0.39 is 0 Å². The third-order valence-electron chi connectivity index (χ3n) is 2.31. The molecule has 18 heavy (non-hydrogen) atoms. The maximum Gasteiger partial charge on any atom is 0.315 e. The molecule has 0 heterocycles. The summed E-state index contributed by atoms with van der Waals surface area (Å²) in [4.78, 5) is 11.7. The summed E-state index contributed by atoms with van der Waals surface area (Å²) < 4.78 is 6.33. The smallest absolute Gasteiger partial charge is 0.315 e. The van der Waals surface area contributed by atoms with E-state index in [1.807, 2.05) is 24.3 Å². The lowest BCUT2D eigenvalue weighted by atomic mass is 10.1. The standard InChI is InChI=1S/C14H10ClIO2/c15-11-3-1-10(2-4-11)9-14(17)18-13-7-5-12(16)6-8-13/h1-8H,9H2. The van der Waals surface area contributed by atoms with E-state index in [0.29, 0.717) is 10.8 Å². The summed E-state index contributed by atoms with van der Waals surface area (Å²) in [5.74, 6) is 0.285. The molecule has 0 N–H and O–H groups in total. The van der Waals surface area contributed by atoms with E-state index in [9.17, 15) is 4.79 Å². The number of hydrogen-bond acceptors (Lipinski definition) is 2. The molecule has 0 fully saturated rings. The Morgan fingerprint density at radius 3 is 2.28 bits per heavy atom. The minimum absolute atomic E-state index is 0.239. The Balaban J connectivity index is 1.96. The number of rotatable bonds is 3. The highest BCUT2D eigenvalue weighted by Crippen LogP contribution is 2.15. The second-order valence-electron chi connectivity index (χ2n) is 3.73. The summed E-state index contributed by atoms with van der Waals surface area (Å²) in [5, 5.41) is 0.657. The summed E-state index contributed by atoms with van der Waals surface area (Å²) in [5.41, 5.74) is 0.884. The first-order valence-corrected chi connectivity index (χ1v) is 6.80. The van der Waals surface area contributed by atoms with Crippen LogP contribution in [-0.2, 0) is 11.2 Å². The maximum absolute atomic E-state index is 11.7. The van der Waals surface area contributed by atoms with Crippen molar-refractivity contribution in [3.8, 4) is 5.75 Å². The fourth-order valence-corrected chi connectivity index (χ4v) is 1.92. The Bertz CT molecular complexity index is 485. The van der Waals surface area contributed by atoms with Gasteiger partial charge in [0, 0.05) is 8.59 Å². The Kier molecular flexibility index (Phi) is 4.60. The molecule has 92 valence electrons. The van der Waals surface area contributed by atoms with Crippen LogP contribution >= 0.6 is 34.2 Å². The largest absolute Gasteiger partial charge is 0.426 e. The van der Waals surface area contributed by atoms with Crippen molar-refractivity contribution < 1.29 is 9.53 Å². The topological polar surface area (TPSA) is 26.3 Å². The number of ether oxygens (including phenoxy) is 1. The van der Waals surface area contributed by atoms with Gasteiger partial charge >= 0.3 is 5.97 Å². The molecule has 0 spiro atoms. The van der Waals surface area contributed by atoms with E-state index in [1.165, 1.54) is 0 Å². The zero-order valence-electron chi connectivity index (χ0n) is 9.40. The number of carbonyl (C=O) groups excluding carboxylic acids is 1. The van der Waals surface area contributed by atoms with Crippen molar-refractivity contribution in [1.29, 1.82) is 0 Å². The van der Waals surface area contributed by atoms with Crippen LogP contribution in [0, 0.1) is 3.57 Å². The number of hydrogen-bond donors (Lipinski definition) is 0. The molecule has 0 atom stereocenters. The fraction of sp³-hybridized carbons (Fsp3) is 0.0714. The highest BCUT2D eigenvalue weighted by Gasteiger charge is 2.06. The Morgan fingerprint density at radius 2 is 1.67 bits per heavy atom. The van der Waals surface area contributed by atoms with E-state index in [0.717, 1.165) is 9.13 Å². The molecule has 2 rings (SSSR count). The van der Waals surface area contributed by atoms with Crippen molar-refractivity contribution in [1.82, 2.24) is 0 Å². The van der Waals surface area contributed by atoms with Crippen LogP contribution < -0.4 is 4.74 Å². The lowest BCUT2D eigenvalue weighted by molar-refractivity contribution is -0.133. The molecule has 0 aliphatic rings. The second kappa shape index (κ2) is 6.20. The minimum Gasteiger partial charge on any atom is -0.426 e. The lowest BCUT2D eigenvalue weighted by Gasteiger charge is -2.04. The average molecular weight is 373 g/mol. The molecular weight excluding hydrogens is 363 g/mol. The monoisotopic (exact) mass is 372 g/mol. The third kappa shape index (κ3) is 3.99. The highest BCUT2D eigenvalue weighted by atomic mass is 127. The quantitative estimate of drug-likeness (QED) is 0.461. The maximum atomic E-state index is 11.7. The van der Waals surface area contributed by atoms with Gasteiger partial charge in [-0.2, -0.15) is 0 Å². The van der Waals surface area contributed by atoms with Gasteiger partial charge in [-0.1, -0.05) is 23.7 Å². The van der Waals surface area contributed by atoms with Crippen LogP contribution in [0.25, 0.3) is 0 Å². The Hall–Kier alpha value is -1.07. The SMILES string of the molecule is O=C(Cc1ccc(Cl)cc1)Oc1ccc(I)cc1. The van der Waals surface area contributed by atoms with Crippen molar-refractivity contribution in [3.05, 3.63) is 62.7 Å². The van der Waals surface area contributed by atoms with E-state index >= 15 is 0 Å². The summed E-state index contributed by atoms with van der Waals surface area (Å²) in [7, 11) is 0. The molecule has 0 saturated heterocycles. The van der Waals surface area contributed by atoms with Crippen LogP contribution in [0.4, 0.5) is 0 Å². The first-order valence-electron chi connectivity index (χ1n) is 5.34. The molecule has 0 aliphatic carbocycles. The number of esters is 1. The van der Waals surface area contributed by atoms with E-state index in [4.69, 9.17) is 16.3 Å². The number of carbonyl (C=O) groups is 1. The molecule has 0 saturated carbocycles. The second-order valence-corrected chi connectivity index (χ2v) is 5.41. The molecule has 0 aromatic heterocycles. The van der Waals surface area contributed by atoms with Gasteiger partial charge in [-0.3, -0.25) is 4.79 Å². The average Bonchev–Trinajstić information content (AvgIpc) is 2.35. The molecular formula is C14H10ClIO2. The van der Waals surface area contributed by atoms with Gasteiger partial charge < -0.3 is 4.74 Å². The van der Waals surface area contributed by atoms with Gasteiger partial charge in [0.05, 0.1) is 6.42 Å². The van der Waals surface area contributed by atoms with Gasteiger partial charge in [0.2, 0.25) is 0 Å². The number of benzene rings is 2. The van der Waals surface area contributed by atoms with Crippen molar-refractivity contribution >= 4 is 40.2 Å². The lowest BCUT2D eigenvalue weighted by Crippen LogP contribution is -2.11. The molecule has 0 amide bonds. The zero-order chi connectivity index (χ0) is 13.0. The van der Waals surface area contributed by atoms with Crippen molar-refractivity contribution in [2.24, 2.45) is 0 Å². The molecule has 0 unspecified atom stereocenters. The Morgan fingerprint density at radius 1 is 1.06 bits per heavy atom. The Labute approximate surface area is 124 Å². The predicted octanol–water partition coefficient (Wildman–Crippen LogP) is 4.09. The van der Waals surface area contributed by atoms with Gasteiger partial charge in [-0.25, -0.2) is 0 Å². The van der Waals surface area contributed by atoms with Gasteiger partial charge in [-0.15, -0.1) is 0 Å². The van der Waals surface area contributed by atoms with Gasteiger partial charge in [0.15, 0.2) is 0 Å². The van der Waals surface area contributed by atoms with E-state index in [2.05, 4.69) is 22.6 Å². The predicted molar refractivity (Wildman–Crippen MR) is 80.0 cm³/mol. The molecule has 0 radical (unpaired) electrons. The van der Waals surface area contributed by atoms with Crippen molar-refractivity contribution in [3.63, 3.8) is 0 Å². The normalized spacial score (nSPS) is 10.1. The molecule has 4 heteroatoms. The molecule has 2 nitrogen and oxygen atoms in total. The number of halogens is 2. The van der Waals surface area contributed by atoms with Crippen LogP contribution in [0.15, 0.2) is 48.5 Å². The van der Waals surface area contributed by atoms with Crippen molar-refractivity contribution in [2.75, 3.05) is 0 Å². The zero-order valence-corrected chi connectivity index (χ0v) is 12.3. The van der Waals surface area contributed by atoms with Crippen molar-refractivity contribution in [2.45, 2.75) is 6.42 Å². The van der Waals surface area contributed by atoms with Crippen LogP contribution in [0.5, 0.6) is 5.75 Å². The molecule has 2 aromatic carbocycles. The van der Waals surface area contributed by atoms with Crippen LogP contribution in [0.1, 0.15) is 5.56 Å². The van der Waals surface area contributed by atoms with E-state index in [-0.39, 0.29) is 12.4 Å². The summed E-state index contributed by atoms with van der Waals surface area (Å²) in [6, 6.07) is 14.5. The van der Waals surface area contributed by atoms with Crippen LogP contribution in [0.3, 0.4) is 0 Å². The van der Waals surface area contributed by atoms with E-state index in [1.54, 1.807) is 24.3 Å². The molecule has 0 aliphatic heterocycles. The van der Waals surface area contributed by atoms with Gasteiger partial charge in [0.1, 0.15) is 5.75 Å². The molecule has 0 bridgehead atoms. The highest BCUT2D eigenvalue weighted by molar-refractivity contribution is 14.1. The van der Waals surface area contributed by atoms with Gasteiger partial charge in [0.25, 0.3) is 0 Å². The first-order chi connectivity index (χ1) is 8.63. The minimum atomic E-state index is -0.279. The third-order valence-corrected chi connectivity index (χ3v) is 3.28. The first kappa shape index (κ1) is 13.4. The van der Waals surface area contributed by atoms with Gasteiger partial charge in [-0.05, 0) is 64.6 Å². The molecule has 2 aromatic rings. The van der Waals surface area contributed by atoms with Crippen LogP contribution in [-0.4, -0.2) is 5.97 Å². The fourth-order valence-electron chi connectivity index (χ4n) is 1.44. The summed E-state index contributed by atoms with van der Waals surface area (Å²) >= 11 is 7.97. The van der Waals surface area contributed by atoms with Crippen LogP contribution in [0.2, 0.25) is 5.02 Å².